The Labute approximate surface area is 155 Å². The zero-order valence-corrected chi connectivity index (χ0v) is 14.4. The minimum atomic E-state index is -4.60. The first-order valence-electron chi connectivity index (χ1n) is 7.83. The zero-order chi connectivity index (χ0) is 19.0. The summed E-state index contributed by atoms with van der Waals surface area (Å²) in [5.41, 5.74) is 3.04. The normalized spacial score (nSPS) is 11.7. The lowest BCUT2D eigenvalue weighted by atomic mass is 10.1. The summed E-state index contributed by atoms with van der Waals surface area (Å²) < 4.78 is 54.4. The summed E-state index contributed by atoms with van der Waals surface area (Å²) in [6.45, 7) is 0. The van der Waals surface area contributed by atoms with E-state index in [9.17, 15) is 17.6 Å². The highest BCUT2D eigenvalue weighted by molar-refractivity contribution is 7.07. The molecule has 136 valence electrons. The number of hydrogen-bond donors (Lipinski definition) is 0. The lowest BCUT2D eigenvalue weighted by Gasteiger charge is -2.08. The summed E-state index contributed by atoms with van der Waals surface area (Å²) in [6.07, 6.45) is -3.73. The summed E-state index contributed by atoms with van der Waals surface area (Å²) in [5.74, 6) is -0.461. The molecule has 0 saturated carbocycles. The summed E-state index contributed by atoms with van der Waals surface area (Å²) in [4.78, 5) is 7.96. The maximum atomic E-state index is 13.6. The number of alkyl halides is 3. The average molecular weight is 389 g/mol. The molecule has 3 nitrogen and oxygen atoms in total. The van der Waals surface area contributed by atoms with Crippen LogP contribution in [0.2, 0.25) is 0 Å². The van der Waals surface area contributed by atoms with Gasteiger partial charge < -0.3 is 0 Å². The molecule has 4 rings (SSSR count). The van der Waals surface area contributed by atoms with Crippen molar-refractivity contribution in [1.29, 1.82) is 0 Å². The first-order valence-corrected chi connectivity index (χ1v) is 8.77. The maximum absolute atomic E-state index is 13.6. The van der Waals surface area contributed by atoms with Gasteiger partial charge in [-0.15, -0.1) is 11.3 Å². The molecule has 0 radical (unpaired) electrons. The predicted octanol–water partition coefficient (Wildman–Crippen LogP) is 5.82. The summed E-state index contributed by atoms with van der Waals surface area (Å²) >= 11 is 1.45. The van der Waals surface area contributed by atoms with Crippen molar-refractivity contribution in [1.82, 2.24) is 14.5 Å². The average Bonchev–Trinajstić information content (AvgIpc) is 3.31. The molecule has 0 atom stereocenters. The number of rotatable bonds is 3. The fourth-order valence-corrected chi connectivity index (χ4v) is 3.25. The summed E-state index contributed by atoms with van der Waals surface area (Å²) in [5, 5.41) is 1.88. The van der Waals surface area contributed by atoms with Gasteiger partial charge in [0.25, 0.3) is 0 Å². The van der Waals surface area contributed by atoms with Gasteiger partial charge in [-0.05, 0) is 18.2 Å². The molecule has 27 heavy (non-hydrogen) atoms. The molecule has 8 heteroatoms. The van der Waals surface area contributed by atoms with E-state index in [0.29, 0.717) is 5.56 Å². The number of imidazole rings is 1. The van der Waals surface area contributed by atoms with Crippen LogP contribution in [0.3, 0.4) is 0 Å². The molecule has 0 N–H and O–H groups in total. The topological polar surface area (TPSA) is 30.7 Å². The second-order valence-corrected chi connectivity index (χ2v) is 6.47. The molecular formula is C19H11F4N3S. The van der Waals surface area contributed by atoms with Gasteiger partial charge in [-0.1, -0.05) is 30.3 Å². The third-order valence-corrected chi connectivity index (χ3v) is 4.54. The van der Waals surface area contributed by atoms with Gasteiger partial charge in [-0.2, -0.15) is 13.2 Å². The Balaban J connectivity index is 1.82. The lowest BCUT2D eigenvalue weighted by Crippen LogP contribution is -2.05. The first kappa shape index (κ1) is 17.4. The molecule has 0 unspecified atom stereocenters. The van der Waals surface area contributed by atoms with Crippen LogP contribution in [0.4, 0.5) is 17.6 Å². The van der Waals surface area contributed by atoms with Gasteiger partial charge in [-0.25, -0.2) is 14.4 Å². The van der Waals surface area contributed by atoms with Crippen LogP contribution < -0.4 is 0 Å². The van der Waals surface area contributed by atoms with Gasteiger partial charge in [0.1, 0.15) is 11.6 Å². The second kappa shape index (κ2) is 6.62. The van der Waals surface area contributed by atoms with E-state index < -0.39 is 17.7 Å². The highest BCUT2D eigenvalue weighted by atomic mass is 32.1. The van der Waals surface area contributed by atoms with Crippen molar-refractivity contribution in [3.63, 3.8) is 0 Å². The van der Waals surface area contributed by atoms with Crippen LogP contribution in [-0.2, 0) is 6.18 Å². The fraction of sp³-hybridized carbons (Fsp3) is 0.0526. The Hall–Kier alpha value is -3.00. The van der Waals surface area contributed by atoms with Crippen LogP contribution in [0.25, 0.3) is 28.3 Å². The largest absolute Gasteiger partial charge is 0.434 e. The van der Waals surface area contributed by atoms with E-state index in [-0.39, 0.29) is 11.5 Å². The monoisotopic (exact) mass is 389 g/mol. The van der Waals surface area contributed by atoms with Crippen LogP contribution in [0.15, 0.2) is 65.6 Å². The Kier molecular flexibility index (Phi) is 4.27. The molecule has 0 bridgehead atoms. The molecule has 2 aromatic heterocycles. The third kappa shape index (κ3) is 3.48. The van der Waals surface area contributed by atoms with E-state index in [2.05, 4.69) is 9.97 Å². The van der Waals surface area contributed by atoms with E-state index in [1.165, 1.54) is 34.1 Å². The summed E-state index contributed by atoms with van der Waals surface area (Å²) in [6, 6.07) is 12.2. The molecule has 0 amide bonds. The number of benzene rings is 2. The van der Waals surface area contributed by atoms with Gasteiger partial charge in [0.15, 0.2) is 5.69 Å². The highest BCUT2D eigenvalue weighted by Gasteiger charge is 2.35. The van der Waals surface area contributed by atoms with Gasteiger partial charge in [-0.3, -0.25) is 4.57 Å². The Morgan fingerprint density at radius 1 is 0.963 bits per heavy atom. The van der Waals surface area contributed by atoms with Crippen molar-refractivity contribution < 1.29 is 17.6 Å². The number of halogens is 4. The van der Waals surface area contributed by atoms with Crippen LogP contribution in [0.1, 0.15) is 5.69 Å². The predicted molar refractivity (Wildman–Crippen MR) is 95.1 cm³/mol. The Bertz CT molecular complexity index is 1070. The lowest BCUT2D eigenvalue weighted by molar-refractivity contribution is -0.140. The van der Waals surface area contributed by atoms with Gasteiger partial charge in [0.2, 0.25) is 0 Å². The van der Waals surface area contributed by atoms with Crippen LogP contribution in [-0.4, -0.2) is 14.5 Å². The highest BCUT2D eigenvalue weighted by Crippen LogP contribution is 2.33. The van der Waals surface area contributed by atoms with Crippen molar-refractivity contribution in [3.8, 4) is 28.3 Å². The number of nitrogens with zero attached hydrogens (tertiary/aromatic N) is 3. The van der Waals surface area contributed by atoms with Crippen molar-refractivity contribution in [3.05, 3.63) is 77.1 Å². The van der Waals surface area contributed by atoms with Crippen LogP contribution in [0, 0.1) is 5.82 Å². The standard InChI is InChI=1S/C19H11F4N3S/c20-14-2-1-3-15(8-14)26-9-17(19(21,22)23)25-18(26)13-6-4-12(5-7-13)16-10-27-11-24-16/h1-11H. The van der Waals surface area contributed by atoms with E-state index in [1.54, 1.807) is 29.8 Å². The zero-order valence-electron chi connectivity index (χ0n) is 13.6. The molecule has 0 saturated heterocycles. The minimum absolute atomic E-state index is 0.0813. The molecule has 2 heterocycles. The molecule has 4 aromatic rings. The Morgan fingerprint density at radius 3 is 2.33 bits per heavy atom. The van der Waals surface area contributed by atoms with E-state index in [1.807, 2.05) is 5.38 Å². The van der Waals surface area contributed by atoms with E-state index >= 15 is 0 Å². The van der Waals surface area contributed by atoms with E-state index in [4.69, 9.17) is 0 Å². The summed E-state index contributed by atoms with van der Waals surface area (Å²) in [7, 11) is 0. The minimum Gasteiger partial charge on any atom is -0.299 e. The molecule has 0 aliphatic carbocycles. The van der Waals surface area contributed by atoms with Crippen LogP contribution >= 0.6 is 11.3 Å². The maximum Gasteiger partial charge on any atom is 0.434 e. The first-order chi connectivity index (χ1) is 12.9. The quantitative estimate of drug-likeness (QED) is 0.413. The van der Waals surface area contributed by atoms with Crippen molar-refractivity contribution in [2.75, 3.05) is 0 Å². The molecule has 0 spiro atoms. The van der Waals surface area contributed by atoms with Crippen molar-refractivity contribution >= 4 is 11.3 Å². The van der Waals surface area contributed by atoms with Gasteiger partial charge in [0, 0.05) is 28.4 Å². The number of aromatic nitrogens is 3. The molecule has 0 fully saturated rings. The molecule has 0 aliphatic heterocycles. The molecular weight excluding hydrogens is 378 g/mol. The molecule has 2 aromatic carbocycles. The van der Waals surface area contributed by atoms with Crippen LogP contribution in [0.5, 0.6) is 0 Å². The van der Waals surface area contributed by atoms with Gasteiger partial charge in [0.05, 0.1) is 11.2 Å². The van der Waals surface area contributed by atoms with Crippen molar-refractivity contribution in [2.24, 2.45) is 0 Å². The van der Waals surface area contributed by atoms with E-state index in [0.717, 1.165) is 23.5 Å². The molecule has 0 aliphatic rings. The fourth-order valence-electron chi connectivity index (χ4n) is 2.69. The SMILES string of the molecule is Fc1cccc(-n2cc(C(F)(F)F)nc2-c2ccc(-c3cscn3)cc2)c1. The van der Waals surface area contributed by atoms with Crippen molar-refractivity contribution in [2.45, 2.75) is 6.18 Å². The second-order valence-electron chi connectivity index (χ2n) is 5.75. The van der Waals surface area contributed by atoms with Gasteiger partial charge >= 0.3 is 6.18 Å². The number of hydrogen-bond acceptors (Lipinski definition) is 3. The Morgan fingerprint density at radius 2 is 1.70 bits per heavy atom. The number of thiazole rings is 1. The third-order valence-electron chi connectivity index (χ3n) is 3.95. The smallest absolute Gasteiger partial charge is 0.299 e.